The summed E-state index contributed by atoms with van der Waals surface area (Å²) in [4.78, 5) is 0. The van der Waals surface area contributed by atoms with Gasteiger partial charge in [0.15, 0.2) is 0 Å². The monoisotopic (exact) mass is 240 g/mol. The quantitative estimate of drug-likeness (QED) is 0.645. The van der Waals surface area contributed by atoms with Gasteiger partial charge in [0, 0.05) is 11.6 Å². The Bertz CT molecular complexity index is 508. The molecular formula is C16H17P. The molecule has 0 unspecified atom stereocenters. The van der Waals surface area contributed by atoms with E-state index in [1.165, 1.54) is 10.9 Å². The molecule has 2 aliphatic rings. The minimum absolute atomic E-state index is 0.149. The highest BCUT2D eigenvalue weighted by Crippen LogP contribution is 2.56. The predicted molar refractivity (Wildman–Crippen MR) is 76.9 cm³/mol. The second kappa shape index (κ2) is 4.27. The van der Waals surface area contributed by atoms with Gasteiger partial charge >= 0.3 is 0 Å². The first-order valence-corrected chi connectivity index (χ1v) is 7.62. The molecule has 1 heterocycles. The Hall–Kier alpha value is -1.13. The Morgan fingerprint density at radius 2 is 1.82 bits per heavy atom. The first-order chi connectivity index (χ1) is 8.25. The summed E-state index contributed by atoms with van der Waals surface area (Å²) in [7, 11) is -0.149. The van der Waals surface area contributed by atoms with Crippen molar-refractivity contribution in [3.05, 3.63) is 65.5 Å². The third kappa shape index (κ3) is 1.91. The molecule has 0 saturated heterocycles. The molecule has 1 aromatic carbocycles. The number of hydrogen-bond acceptors (Lipinski definition) is 0. The standard InChI is InChI=1S/C16H17P/c1-12-8-9-16-15(10-12)13(2)11-17(16)14-6-4-3-5-7-14/h3-11,15-16H,1-2H3/t15-,16-,17+/m1/s1. The highest BCUT2D eigenvalue weighted by atomic mass is 31.1. The van der Waals surface area contributed by atoms with Crippen molar-refractivity contribution in [2.24, 2.45) is 5.92 Å². The van der Waals surface area contributed by atoms with Gasteiger partial charge in [-0.15, -0.1) is 0 Å². The van der Waals surface area contributed by atoms with Crippen LogP contribution in [-0.4, -0.2) is 5.66 Å². The molecule has 1 aromatic rings. The lowest BCUT2D eigenvalue weighted by atomic mass is 9.91. The molecule has 0 saturated carbocycles. The molecule has 0 nitrogen and oxygen atoms in total. The van der Waals surface area contributed by atoms with E-state index in [1.807, 2.05) is 0 Å². The Kier molecular flexibility index (Phi) is 2.76. The van der Waals surface area contributed by atoms with Crippen molar-refractivity contribution in [2.75, 3.05) is 0 Å². The van der Waals surface area contributed by atoms with E-state index in [4.69, 9.17) is 0 Å². The van der Waals surface area contributed by atoms with Gasteiger partial charge in [-0.3, -0.25) is 0 Å². The normalized spacial score (nSPS) is 30.8. The molecule has 86 valence electrons. The summed E-state index contributed by atoms with van der Waals surface area (Å²) in [6.07, 6.45) is 7.14. The van der Waals surface area contributed by atoms with Crippen molar-refractivity contribution in [3.8, 4) is 0 Å². The van der Waals surface area contributed by atoms with E-state index in [0.29, 0.717) is 11.6 Å². The van der Waals surface area contributed by atoms with E-state index in [0.717, 1.165) is 0 Å². The fourth-order valence-electron chi connectivity index (χ4n) is 2.71. The summed E-state index contributed by atoms with van der Waals surface area (Å²) < 4.78 is 0. The van der Waals surface area contributed by atoms with Crippen LogP contribution in [0.5, 0.6) is 0 Å². The highest BCUT2D eigenvalue weighted by Gasteiger charge is 2.34. The van der Waals surface area contributed by atoms with Crippen LogP contribution >= 0.6 is 7.92 Å². The van der Waals surface area contributed by atoms with Crippen LogP contribution in [-0.2, 0) is 0 Å². The van der Waals surface area contributed by atoms with E-state index in [9.17, 15) is 0 Å². The molecule has 0 aromatic heterocycles. The third-order valence-corrected chi connectivity index (χ3v) is 6.33. The predicted octanol–water partition coefficient (Wildman–Crippen LogP) is 4.21. The summed E-state index contributed by atoms with van der Waals surface area (Å²) in [6, 6.07) is 11.0. The fourth-order valence-corrected chi connectivity index (χ4v) is 5.44. The summed E-state index contributed by atoms with van der Waals surface area (Å²) >= 11 is 0. The van der Waals surface area contributed by atoms with Crippen LogP contribution in [0.2, 0.25) is 0 Å². The van der Waals surface area contributed by atoms with Crippen LogP contribution in [0.3, 0.4) is 0 Å². The Morgan fingerprint density at radius 1 is 1.06 bits per heavy atom. The second-order valence-corrected chi connectivity index (χ2v) is 7.09. The zero-order valence-electron chi connectivity index (χ0n) is 10.3. The van der Waals surface area contributed by atoms with Crippen LogP contribution < -0.4 is 5.30 Å². The molecular weight excluding hydrogens is 223 g/mol. The zero-order valence-corrected chi connectivity index (χ0v) is 11.2. The molecule has 1 aliphatic heterocycles. The Labute approximate surface area is 105 Å². The van der Waals surface area contributed by atoms with Crippen molar-refractivity contribution in [2.45, 2.75) is 19.5 Å². The van der Waals surface area contributed by atoms with Gasteiger partial charge in [0.1, 0.15) is 0 Å². The maximum Gasteiger partial charge on any atom is 0.0149 e. The number of allylic oxidation sites excluding steroid dienone is 5. The first-order valence-electron chi connectivity index (χ1n) is 6.14. The minimum atomic E-state index is -0.149. The minimum Gasteiger partial charge on any atom is -0.0753 e. The van der Waals surface area contributed by atoms with Crippen LogP contribution in [0.25, 0.3) is 0 Å². The van der Waals surface area contributed by atoms with Gasteiger partial charge in [0.2, 0.25) is 0 Å². The summed E-state index contributed by atoms with van der Waals surface area (Å²) in [6.45, 7) is 4.48. The van der Waals surface area contributed by atoms with Crippen molar-refractivity contribution in [3.63, 3.8) is 0 Å². The summed E-state index contributed by atoms with van der Waals surface area (Å²) in [5.41, 5.74) is 3.65. The molecule has 0 spiro atoms. The van der Waals surface area contributed by atoms with Crippen molar-refractivity contribution >= 4 is 13.2 Å². The van der Waals surface area contributed by atoms with Gasteiger partial charge in [-0.1, -0.05) is 65.5 Å². The zero-order chi connectivity index (χ0) is 11.8. The van der Waals surface area contributed by atoms with Crippen LogP contribution in [0.15, 0.2) is 65.5 Å². The number of benzene rings is 1. The number of fused-ring (bicyclic) bond motifs is 1. The van der Waals surface area contributed by atoms with Crippen molar-refractivity contribution in [1.82, 2.24) is 0 Å². The van der Waals surface area contributed by atoms with Gasteiger partial charge in [0.25, 0.3) is 0 Å². The van der Waals surface area contributed by atoms with Crippen molar-refractivity contribution in [1.29, 1.82) is 0 Å². The molecule has 1 heteroatoms. The molecule has 0 fully saturated rings. The number of rotatable bonds is 1. The second-order valence-electron chi connectivity index (χ2n) is 4.90. The molecule has 3 atom stereocenters. The summed E-state index contributed by atoms with van der Waals surface area (Å²) in [5, 5.41) is 1.51. The van der Waals surface area contributed by atoms with E-state index >= 15 is 0 Å². The van der Waals surface area contributed by atoms with Gasteiger partial charge < -0.3 is 0 Å². The molecule has 1 aliphatic carbocycles. The molecule has 3 rings (SSSR count). The van der Waals surface area contributed by atoms with E-state index in [1.54, 1.807) is 5.57 Å². The smallest absolute Gasteiger partial charge is 0.0149 e. The van der Waals surface area contributed by atoms with E-state index in [-0.39, 0.29) is 7.92 Å². The first kappa shape index (κ1) is 11.0. The van der Waals surface area contributed by atoms with Gasteiger partial charge in [-0.05, 0) is 27.1 Å². The maximum absolute atomic E-state index is 2.51. The number of hydrogen-bond donors (Lipinski definition) is 0. The van der Waals surface area contributed by atoms with Crippen LogP contribution in [0, 0.1) is 5.92 Å². The fraction of sp³-hybridized carbons (Fsp3) is 0.250. The topological polar surface area (TPSA) is 0 Å². The van der Waals surface area contributed by atoms with Crippen LogP contribution in [0.1, 0.15) is 13.8 Å². The maximum atomic E-state index is 2.51. The lowest BCUT2D eigenvalue weighted by Crippen LogP contribution is -2.17. The van der Waals surface area contributed by atoms with Gasteiger partial charge in [-0.2, -0.15) is 0 Å². The lowest BCUT2D eigenvalue weighted by molar-refractivity contribution is 0.787. The average molecular weight is 240 g/mol. The van der Waals surface area contributed by atoms with Crippen LogP contribution in [0.4, 0.5) is 0 Å². The van der Waals surface area contributed by atoms with E-state index < -0.39 is 0 Å². The highest BCUT2D eigenvalue weighted by molar-refractivity contribution is 7.69. The molecule has 17 heavy (non-hydrogen) atoms. The van der Waals surface area contributed by atoms with Crippen molar-refractivity contribution < 1.29 is 0 Å². The van der Waals surface area contributed by atoms with E-state index in [2.05, 4.69) is 68.2 Å². The lowest BCUT2D eigenvalue weighted by Gasteiger charge is -2.25. The van der Waals surface area contributed by atoms with Gasteiger partial charge in [0.05, 0.1) is 0 Å². The largest absolute Gasteiger partial charge is 0.0753 e. The third-order valence-electron chi connectivity index (χ3n) is 3.61. The average Bonchev–Trinajstić information content (AvgIpc) is 2.68. The molecule has 0 radical (unpaired) electrons. The molecule has 0 N–H and O–H groups in total. The molecule has 0 bridgehead atoms. The summed E-state index contributed by atoms with van der Waals surface area (Å²) in [5.74, 6) is 3.16. The molecule has 0 amide bonds. The SMILES string of the molecule is CC1=C[C@@H]2C(C)=C[P@@](c3ccccc3)[C@@H]2C=C1. The Balaban J connectivity index is 1.98. The van der Waals surface area contributed by atoms with Gasteiger partial charge in [-0.25, -0.2) is 0 Å². The Morgan fingerprint density at radius 3 is 2.59 bits per heavy atom.